The van der Waals surface area contributed by atoms with Gasteiger partial charge in [-0.1, -0.05) is 47.5 Å². The lowest BCUT2D eigenvalue weighted by molar-refractivity contribution is 0.0515. The fourth-order valence-corrected chi connectivity index (χ4v) is 4.09. The third-order valence-electron chi connectivity index (χ3n) is 5.43. The van der Waals surface area contributed by atoms with Crippen LogP contribution in [-0.2, 0) is 11.3 Å². The molecule has 1 aromatic heterocycles. The molecule has 0 N–H and O–H groups in total. The van der Waals surface area contributed by atoms with Crippen LogP contribution in [-0.4, -0.2) is 31.2 Å². The molecule has 1 heterocycles. The number of carbonyl (C=O) groups is 1. The van der Waals surface area contributed by atoms with Gasteiger partial charge in [0, 0.05) is 37.2 Å². The largest absolute Gasteiger partial charge is 0.461 e. The number of ether oxygens (including phenoxy) is 1. The first kappa shape index (κ1) is 22.3. The van der Waals surface area contributed by atoms with E-state index in [1.54, 1.807) is 13.0 Å². The molecule has 0 saturated carbocycles. The smallest absolute Gasteiger partial charge is 0.354 e. The predicted molar refractivity (Wildman–Crippen MR) is 133 cm³/mol. The Morgan fingerprint density at radius 2 is 1.62 bits per heavy atom. The number of aromatic nitrogens is 1. The van der Waals surface area contributed by atoms with Gasteiger partial charge in [0.05, 0.1) is 16.7 Å². The molecule has 0 unspecified atom stereocenters. The monoisotopic (exact) mass is 466 g/mol. The minimum absolute atomic E-state index is 0.316. The average Bonchev–Trinajstić information content (AvgIpc) is 3.14. The molecule has 4 aromatic rings. The molecule has 0 aliphatic carbocycles. The predicted octanol–water partition coefficient (Wildman–Crippen LogP) is 6.91. The van der Waals surface area contributed by atoms with Gasteiger partial charge in [-0.2, -0.15) is 0 Å². The lowest BCUT2D eigenvalue weighted by atomic mass is 10.0. The van der Waals surface area contributed by atoms with E-state index >= 15 is 0 Å². The molecule has 0 radical (unpaired) electrons. The number of halogens is 2. The second-order valence-electron chi connectivity index (χ2n) is 7.80. The Kier molecular flexibility index (Phi) is 6.45. The highest BCUT2D eigenvalue weighted by Gasteiger charge is 2.18. The van der Waals surface area contributed by atoms with E-state index in [0.717, 1.165) is 33.3 Å². The maximum Gasteiger partial charge on any atom is 0.354 e. The van der Waals surface area contributed by atoms with Gasteiger partial charge in [0.15, 0.2) is 0 Å². The maximum absolute atomic E-state index is 12.7. The molecular formula is C26H24Cl2N2O2. The van der Waals surface area contributed by atoms with Crippen molar-refractivity contribution in [1.82, 2.24) is 4.57 Å². The van der Waals surface area contributed by atoms with Gasteiger partial charge in [-0.25, -0.2) is 4.79 Å². The number of anilines is 1. The van der Waals surface area contributed by atoms with Crippen molar-refractivity contribution < 1.29 is 9.53 Å². The number of carbonyl (C=O) groups excluding carboxylic acids is 1. The van der Waals surface area contributed by atoms with E-state index in [2.05, 4.69) is 41.3 Å². The summed E-state index contributed by atoms with van der Waals surface area (Å²) >= 11 is 12.3. The molecule has 0 atom stereocenters. The minimum Gasteiger partial charge on any atom is -0.461 e. The number of benzene rings is 3. The van der Waals surface area contributed by atoms with Crippen LogP contribution in [0.1, 0.15) is 23.0 Å². The van der Waals surface area contributed by atoms with Gasteiger partial charge in [0.2, 0.25) is 0 Å². The van der Waals surface area contributed by atoms with Crippen LogP contribution in [0.4, 0.5) is 5.69 Å². The first-order valence-electron chi connectivity index (χ1n) is 10.4. The van der Waals surface area contributed by atoms with Crippen molar-refractivity contribution >= 4 is 45.8 Å². The van der Waals surface area contributed by atoms with Gasteiger partial charge in [-0.05, 0) is 66.1 Å². The van der Waals surface area contributed by atoms with Gasteiger partial charge in [0.25, 0.3) is 0 Å². The van der Waals surface area contributed by atoms with E-state index < -0.39 is 0 Å². The minimum atomic E-state index is -0.347. The molecule has 0 aliphatic heterocycles. The molecule has 6 heteroatoms. The third-order valence-corrected chi connectivity index (χ3v) is 6.17. The van der Waals surface area contributed by atoms with E-state index in [1.807, 2.05) is 42.9 Å². The van der Waals surface area contributed by atoms with Crippen molar-refractivity contribution in [2.45, 2.75) is 13.5 Å². The molecule has 164 valence electrons. The summed E-state index contributed by atoms with van der Waals surface area (Å²) in [5, 5.41) is 1.97. The summed E-state index contributed by atoms with van der Waals surface area (Å²) in [6.07, 6.45) is 0. The van der Waals surface area contributed by atoms with Crippen LogP contribution in [0.2, 0.25) is 10.0 Å². The standard InChI is InChI=1S/C26H24Cl2N2O2/c1-4-32-26(31)25-15-20-14-19(18-6-9-21(10-7-18)29(2)3)8-12-24(20)30(25)16-17-5-11-22(27)23(28)13-17/h5-15H,4,16H2,1-3H3. The summed E-state index contributed by atoms with van der Waals surface area (Å²) in [6.45, 7) is 2.60. The van der Waals surface area contributed by atoms with Gasteiger partial charge in [-0.15, -0.1) is 0 Å². The van der Waals surface area contributed by atoms with Crippen LogP contribution in [0, 0.1) is 0 Å². The van der Waals surface area contributed by atoms with E-state index in [1.165, 1.54) is 0 Å². The zero-order valence-corrected chi connectivity index (χ0v) is 19.7. The highest BCUT2D eigenvalue weighted by molar-refractivity contribution is 6.42. The fourth-order valence-electron chi connectivity index (χ4n) is 3.77. The quantitative estimate of drug-likeness (QED) is 0.289. The number of esters is 1. The molecule has 4 rings (SSSR count). The second kappa shape index (κ2) is 9.27. The molecule has 0 aliphatic rings. The topological polar surface area (TPSA) is 34.5 Å². The third kappa shape index (κ3) is 4.47. The molecule has 32 heavy (non-hydrogen) atoms. The average molecular weight is 467 g/mol. The number of hydrogen-bond acceptors (Lipinski definition) is 3. The molecule has 0 saturated heterocycles. The van der Waals surface area contributed by atoms with Crippen LogP contribution in [0.15, 0.2) is 66.7 Å². The summed E-state index contributed by atoms with van der Waals surface area (Å²) in [5.74, 6) is -0.347. The fraction of sp³-hybridized carbons (Fsp3) is 0.192. The van der Waals surface area contributed by atoms with Crippen LogP contribution < -0.4 is 4.90 Å². The van der Waals surface area contributed by atoms with Gasteiger partial charge in [-0.3, -0.25) is 0 Å². The summed E-state index contributed by atoms with van der Waals surface area (Å²) < 4.78 is 7.28. The van der Waals surface area contributed by atoms with Crippen LogP contribution in [0.5, 0.6) is 0 Å². The van der Waals surface area contributed by atoms with Crippen LogP contribution in [0.25, 0.3) is 22.0 Å². The Hall–Kier alpha value is -2.95. The molecule has 0 fully saturated rings. The van der Waals surface area contributed by atoms with E-state index in [-0.39, 0.29) is 5.97 Å². The van der Waals surface area contributed by atoms with E-state index in [0.29, 0.717) is 28.9 Å². The van der Waals surface area contributed by atoms with Crippen molar-refractivity contribution in [2.75, 3.05) is 25.6 Å². The first-order chi connectivity index (χ1) is 15.4. The number of rotatable bonds is 6. The molecular weight excluding hydrogens is 443 g/mol. The Bertz CT molecular complexity index is 1280. The highest BCUT2D eigenvalue weighted by atomic mass is 35.5. The summed E-state index contributed by atoms with van der Waals surface area (Å²) in [5.41, 5.74) is 5.76. The maximum atomic E-state index is 12.7. The Balaban J connectivity index is 1.77. The first-order valence-corrected chi connectivity index (χ1v) is 11.1. The van der Waals surface area contributed by atoms with Crippen LogP contribution >= 0.6 is 23.2 Å². The lowest BCUT2D eigenvalue weighted by Gasteiger charge is -2.13. The van der Waals surface area contributed by atoms with E-state index in [9.17, 15) is 4.79 Å². The summed E-state index contributed by atoms with van der Waals surface area (Å²) in [6, 6.07) is 22.0. The molecule has 0 spiro atoms. The van der Waals surface area contributed by atoms with Crippen molar-refractivity contribution in [3.8, 4) is 11.1 Å². The van der Waals surface area contributed by atoms with Crippen molar-refractivity contribution in [1.29, 1.82) is 0 Å². The van der Waals surface area contributed by atoms with Crippen molar-refractivity contribution in [2.24, 2.45) is 0 Å². The Labute approximate surface area is 197 Å². The summed E-state index contributed by atoms with van der Waals surface area (Å²) in [7, 11) is 4.04. The number of fused-ring (bicyclic) bond motifs is 1. The molecule has 0 bridgehead atoms. The highest BCUT2D eigenvalue weighted by Crippen LogP contribution is 2.30. The normalized spacial score (nSPS) is 11.0. The zero-order valence-electron chi connectivity index (χ0n) is 18.2. The zero-order chi connectivity index (χ0) is 22.8. The SMILES string of the molecule is CCOC(=O)c1cc2cc(-c3ccc(N(C)C)cc3)ccc2n1Cc1ccc(Cl)c(Cl)c1. The second-order valence-corrected chi connectivity index (χ2v) is 8.61. The van der Waals surface area contributed by atoms with Crippen LogP contribution in [0.3, 0.4) is 0 Å². The lowest BCUT2D eigenvalue weighted by Crippen LogP contribution is -2.12. The molecule has 4 nitrogen and oxygen atoms in total. The summed E-state index contributed by atoms with van der Waals surface area (Å²) in [4.78, 5) is 14.8. The van der Waals surface area contributed by atoms with Gasteiger partial charge >= 0.3 is 5.97 Å². The molecule has 3 aromatic carbocycles. The van der Waals surface area contributed by atoms with E-state index in [4.69, 9.17) is 27.9 Å². The molecule has 0 amide bonds. The Morgan fingerprint density at radius 1 is 0.906 bits per heavy atom. The Morgan fingerprint density at radius 3 is 2.28 bits per heavy atom. The van der Waals surface area contributed by atoms with Crippen molar-refractivity contribution in [3.05, 3.63) is 88.0 Å². The van der Waals surface area contributed by atoms with Gasteiger partial charge < -0.3 is 14.2 Å². The van der Waals surface area contributed by atoms with Crippen molar-refractivity contribution in [3.63, 3.8) is 0 Å². The number of nitrogens with zero attached hydrogens (tertiary/aromatic N) is 2. The van der Waals surface area contributed by atoms with Gasteiger partial charge in [0.1, 0.15) is 5.69 Å². The number of hydrogen-bond donors (Lipinski definition) is 0.